The summed E-state index contributed by atoms with van der Waals surface area (Å²) in [7, 11) is 0. The fraction of sp³-hybridized carbons (Fsp3) is 0.533. The van der Waals surface area contributed by atoms with Gasteiger partial charge in [0.1, 0.15) is 0 Å². The Morgan fingerprint density at radius 2 is 1.87 bits per heavy atom. The first kappa shape index (κ1) is 19.1. The maximum absolute atomic E-state index is 12.4. The topological polar surface area (TPSA) is 79.9 Å². The number of nitrogens with one attached hydrogen (secondary N) is 1. The molecular weight excluding hydrogens is 311 g/mol. The van der Waals surface area contributed by atoms with Gasteiger partial charge in [-0.25, -0.2) is 0 Å². The molecule has 0 heterocycles. The highest BCUT2D eigenvalue weighted by Crippen LogP contribution is 2.30. The van der Waals surface area contributed by atoms with E-state index in [0.29, 0.717) is 12.8 Å². The van der Waals surface area contributed by atoms with Crippen molar-refractivity contribution in [1.29, 1.82) is 0 Å². The highest BCUT2D eigenvalue weighted by atomic mass is 19.4. The number of aliphatic imine (C=N–C) groups is 1. The normalized spacial score (nSPS) is 13.0. The standard InChI is InChI=1S/C15H22F3N3O2/c1-3-14(4-2,10-22)9-20-13(19)21-11-7-5-6-8-12(11)23-15(16,17)18/h5-8,22H,3-4,9-10H2,1-2H3,(H3,19,20,21). The third-order valence-corrected chi connectivity index (χ3v) is 3.80. The lowest BCUT2D eigenvalue weighted by Crippen LogP contribution is -2.31. The van der Waals surface area contributed by atoms with E-state index in [9.17, 15) is 18.3 Å². The Bertz CT molecular complexity index is 521. The van der Waals surface area contributed by atoms with Gasteiger partial charge in [-0.05, 0) is 25.0 Å². The SMILES string of the molecule is CCC(CC)(CO)CN=C(N)Nc1ccccc1OC(F)(F)F. The van der Waals surface area contributed by atoms with Crippen LogP contribution in [0.3, 0.4) is 0 Å². The second-order valence-electron chi connectivity index (χ2n) is 5.24. The molecule has 0 atom stereocenters. The number of aliphatic hydroxyl groups is 1. The number of nitrogens with zero attached hydrogens (tertiary/aromatic N) is 1. The molecule has 0 fully saturated rings. The molecule has 0 aliphatic carbocycles. The van der Waals surface area contributed by atoms with Crippen molar-refractivity contribution in [3.05, 3.63) is 24.3 Å². The first-order chi connectivity index (χ1) is 10.7. The molecule has 130 valence electrons. The summed E-state index contributed by atoms with van der Waals surface area (Å²) in [6.07, 6.45) is -3.37. The molecule has 0 aliphatic rings. The van der Waals surface area contributed by atoms with Crippen LogP contribution in [0.15, 0.2) is 29.3 Å². The summed E-state index contributed by atoms with van der Waals surface area (Å²) in [5.74, 6) is -0.430. The maximum atomic E-state index is 12.4. The lowest BCUT2D eigenvalue weighted by atomic mass is 9.83. The molecule has 1 aromatic carbocycles. The number of halogens is 3. The van der Waals surface area contributed by atoms with E-state index >= 15 is 0 Å². The molecule has 0 unspecified atom stereocenters. The minimum Gasteiger partial charge on any atom is -0.404 e. The zero-order valence-electron chi connectivity index (χ0n) is 13.2. The van der Waals surface area contributed by atoms with Crippen molar-refractivity contribution in [2.75, 3.05) is 18.5 Å². The molecule has 0 radical (unpaired) electrons. The van der Waals surface area contributed by atoms with Crippen LogP contribution in [0.4, 0.5) is 18.9 Å². The van der Waals surface area contributed by atoms with Gasteiger partial charge in [-0.3, -0.25) is 4.99 Å². The van der Waals surface area contributed by atoms with E-state index < -0.39 is 12.1 Å². The van der Waals surface area contributed by atoms with Crippen LogP contribution in [0.1, 0.15) is 26.7 Å². The van der Waals surface area contributed by atoms with Gasteiger partial charge >= 0.3 is 6.36 Å². The van der Waals surface area contributed by atoms with Crippen LogP contribution in [0, 0.1) is 5.41 Å². The first-order valence-corrected chi connectivity index (χ1v) is 7.28. The van der Waals surface area contributed by atoms with Crippen molar-refractivity contribution in [2.24, 2.45) is 16.1 Å². The molecule has 4 N–H and O–H groups in total. The van der Waals surface area contributed by atoms with Gasteiger partial charge in [-0.1, -0.05) is 26.0 Å². The second kappa shape index (κ2) is 8.05. The number of rotatable bonds is 7. The Hall–Kier alpha value is -1.96. The van der Waals surface area contributed by atoms with E-state index in [4.69, 9.17) is 5.73 Å². The number of alkyl halides is 3. The number of benzene rings is 1. The monoisotopic (exact) mass is 333 g/mol. The van der Waals surface area contributed by atoms with Gasteiger partial charge in [0.05, 0.1) is 18.8 Å². The summed E-state index contributed by atoms with van der Waals surface area (Å²) in [6, 6.07) is 5.56. The lowest BCUT2D eigenvalue weighted by Gasteiger charge is -2.27. The van der Waals surface area contributed by atoms with Crippen LogP contribution >= 0.6 is 0 Å². The van der Waals surface area contributed by atoms with Gasteiger partial charge in [-0.2, -0.15) is 0 Å². The van der Waals surface area contributed by atoms with Crippen molar-refractivity contribution < 1.29 is 23.0 Å². The molecule has 0 spiro atoms. The van der Waals surface area contributed by atoms with Crippen molar-refractivity contribution in [3.63, 3.8) is 0 Å². The molecule has 0 saturated carbocycles. The Balaban J connectivity index is 2.85. The fourth-order valence-electron chi connectivity index (χ4n) is 1.96. The number of nitrogens with two attached hydrogens (primary N) is 1. The molecule has 0 bridgehead atoms. The van der Waals surface area contributed by atoms with Crippen molar-refractivity contribution in [2.45, 2.75) is 33.1 Å². The summed E-state index contributed by atoms with van der Waals surface area (Å²) in [5.41, 5.74) is 5.41. The van der Waals surface area contributed by atoms with Crippen molar-refractivity contribution in [1.82, 2.24) is 0 Å². The highest BCUT2D eigenvalue weighted by Gasteiger charge is 2.32. The molecule has 5 nitrogen and oxygen atoms in total. The number of anilines is 1. The third kappa shape index (κ3) is 5.97. The van der Waals surface area contributed by atoms with Gasteiger partial charge in [0.2, 0.25) is 0 Å². The molecule has 8 heteroatoms. The summed E-state index contributed by atoms with van der Waals surface area (Å²) >= 11 is 0. The zero-order chi connectivity index (χ0) is 17.5. The number of guanidine groups is 1. The number of hydrogen-bond donors (Lipinski definition) is 3. The first-order valence-electron chi connectivity index (χ1n) is 7.28. The molecule has 1 aromatic rings. The molecule has 0 saturated heterocycles. The van der Waals surface area contributed by atoms with E-state index in [1.54, 1.807) is 6.07 Å². The molecule has 0 aromatic heterocycles. The number of aliphatic hydroxyl groups excluding tert-OH is 1. The average molecular weight is 333 g/mol. The van der Waals surface area contributed by atoms with E-state index in [1.165, 1.54) is 18.2 Å². The van der Waals surface area contributed by atoms with Crippen LogP contribution in [0.5, 0.6) is 5.75 Å². The Morgan fingerprint density at radius 3 is 2.39 bits per heavy atom. The van der Waals surface area contributed by atoms with Crippen LogP contribution in [0.25, 0.3) is 0 Å². The van der Waals surface area contributed by atoms with Gasteiger partial charge in [0.15, 0.2) is 11.7 Å². The van der Waals surface area contributed by atoms with E-state index in [2.05, 4.69) is 15.0 Å². The summed E-state index contributed by atoms with van der Waals surface area (Å²) in [4.78, 5) is 4.13. The fourth-order valence-corrected chi connectivity index (χ4v) is 1.96. The summed E-state index contributed by atoms with van der Waals surface area (Å²) in [5, 5.41) is 12.1. The molecule has 23 heavy (non-hydrogen) atoms. The minimum absolute atomic E-state index is 0.0372. The number of para-hydroxylation sites is 2. The van der Waals surface area contributed by atoms with Gasteiger partial charge in [-0.15, -0.1) is 13.2 Å². The van der Waals surface area contributed by atoms with Crippen LogP contribution in [-0.4, -0.2) is 30.6 Å². The number of ether oxygens (including phenoxy) is 1. The Morgan fingerprint density at radius 1 is 1.26 bits per heavy atom. The highest BCUT2D eigenvalue weighted by molar-refractivity contribution is 5.93. The lowest BCUT2D eigenvalue weighted by molar-refractivity contribution is -0.274. The second-order valence-corrected chi connectivity index (χ2v) is 5.24. The van der Waals surface area contributed by atoms with Crippen LogP contribution in [-0.2, 0) is 0 Å². The van der Waals surface area contributed by atoms with Crippen LogP contribution < -0.4 is 15.8 Å². The van der Waals surface area contributed by atoms with E-state index in [1.807, 2.05) is 13.8 Å². The average Bonchev–Trinajstić information content (AvgIpc) is 2.50. The molecule has 1 rings (SSSR count). The molecule has 0 aliphatic heterocycles. The number of hydrogen-bond acceptors (Lipinski definition) is 3. The molecular formula is C15H22F3N3O2. The Labute approximate surface area is 133 Å². The van der Waals surface area contributed by atoms with E-state index in [0.717, 1.165) is 0 Å². The summed E-state index contributed by atoms with van der Waals surface area (Å²) in [6.45, 7) is 4.11. The van der Waals surface area contributed by atoms with Crippen molar-refractivity contribution in [3.8, 4) is 5.75 Å². The third-order valence-electron chi connectivity index (χ3n) is 3.80. The van der Waals surface area contributed by atoms with Gasteiger partial charge in [0.25, 0.3) is 0 Å². The minimum atomic E-state index is -4.79. The molecule has 0 amide bonds. The van der Waals surface area contributed by atoms with E-state index in [-0.39, 0.29) is 30.2 Å². The largest absolute Gasteiger partial charge is 0.573 e. The summed E-state index contributed by atoms with van der Waals surface area (Å²) < 4.78 is 41.0. The quantitative estimate of drug-likeness (QED) is 0.529. The zero-order valence-corrected chi connectivity index (χ0v) is 13.2. The Kier molecular flexibility index (Phi) is 6.68. The van der Waals surface area contributed by atoms with Crippen LogP contribution in [0.2, 0.25) is 0 Å². The smallest absolute Gasteiger partial charge is 0.404 e. The predicted molar refractivity (Wildman–Crippen MR) is 83.3 cm³/mol. The van der Waals surface area contributed by atoms with Gasteiger partial charge in [0, 0.05) is 5.41 Å². The predicted octanol–water partition coefficient (Wildman–Crippen LogP) is 3.11. The maximum Gasteiger partial charge on any atom is 0.573 e. The van der Waals surface area contributed by atoms with Crippen molar-refractivity contribution >= 4 is 11.6 Å². The van der Waals surface area contributed by atoms with Gasteiger partial charge < -0.3 is 20.9 Å².